The molecule has 0 aliphatic heterocycles. The first-order chi connectivity index (χ1) is 11.8. The fourth-order valence-electron chi connectivity index (χ4n) is 2.29. The number of rotatable bonds is 5. The minimum absolute atomic E-state index is 0.829. The predicted molar refractivity (Wildman–Crippen MR) is 106 cm³/mol. The van der Waals surface area contributed by atoms with E-state index in [1.165, 1.54) is 5.69 Å². The van der Waals surface area contributed by atoms with Crippen molar-refractivity contribution in [1.29, 1.82) is 0 Å². The average molecular weight is 429 g/mol. The number of pyridine rings is 1. The summed E-state index contributed by atoms with van der Waals surface area (Å²) in [5, 5.41) is 12.1. The summed E-state index contributed by atoms with van der Waals surface area (Å²) in [5.41, 5.74) is 4.09. The first-order valence-corrected chi connectivity index (χ1v) is 9.18. The molecule has 1 N–H and O–H groups in total. The normalized spacial score (nSPS) is 10.9. The summed E-state index contributed by atoms with van der Waals surface area (Å²) in [7, 11) is 0. The molecule has 1 aromatic heterocycles. The number of aryl methyl sites for hydroxylation is 1. The Balaban J connectivity index is 1.74. The summed E-state index contributed by atoms with van der Waals surface area (Å²) in [6.07, 6.45) is 0. The molecule has 120 valence electrons. The summed E-state index contributed by atoms with van der Waals surface area (Å²) in [6, 6.07) is 24.1. The van der Waals surface area contributed by atoms with Crippen LogP contribution in [0.4, 0.5) is 22.9 Å². The largest absolute Gasteiger partial charge is 0.356 e. The highest BCUT2D eigenvalue weighted by Gasteiger charge is 2.10. The molecule has 0 unspecified atom stereocenters. The first-order valence-electron chi connectivity index (χ1n) is 7.65. The van der Waals surface area contributed by atoms with Gasteiger partial charge in [-0.1, -0.05) is 24.3 Å². The molecule has 0 spiro atoms. The van der Waals surface area contributed by atoms with Crippen molar-refractivity contribution in [3.8, 4) is 0 Å². The van der Waals surface area contributed by atoms with E-state index < -0.39 is 0 Å². The van der Waals surface area contributed by atoms with E-state index in [-0.39, 0.29) is 0 Å². The lowest BCUT2D eigenvalue weighted by atomic mass is 10.2. The highest BCUT2D eigenvalue weighted by atomic mass is 127. The van der Waals surface area contributed by atoms with Crippen molar-refractivity contribution < 1.29 is 4.57 Å². The lowest BCUT2D eigenvalue weighted by molar-refractivity contribution is -0.664. The highest BCUT2D eigenvalue weighted by Crippen LogP contribution is 2.21. The number of nitrogens with zero attached hydrogens (tertiary/aromatic N) is 3. The molecule has 3 rings (SSSR count). The van der Waals surface area contributed by atoms with Crippen LogP contribution in [0.5, 0.6) is 0 Å². The first kappa shape index (κ1) is 16.6. The zero-order valence-corrected chi connectivity index (χ0v) is 15.5. The average Bonchev–Trinajstić information content (AvgIpc) is 2.62. The molecule has 4 nitrogen and oxygen atoms in total. The number of hydrogen-bond donors (Lipinski definition) is 1. The zero-order valence-electron chi connectivity index (χ0n) is 13.4. The zero-order chi connectivity index (χ0) is 16.8. The summed E-state index contributed by atoms with van der Waals surface area (Å²) < 4.78 is 2.97. The molecule has 0 aliphatic carbocycles. The summed E-state index contributed by atoms with van der Waals surface area (Å²) in [5.74, 6) is 0.857. The Morgan fingerprint density at radius 2 is 1.54 bits per heavy atom. The van der Waals surface area contributed by atoms with Gasteiger partial charge in [0.1, 0.15) is 15.9 Å². The van der Waals surface area contributed by atoms with Crippen molar-refractivity contribution in [2.75, 3.05) is 5.32 Å². The lowest BCUT2D eigenvalue weighted by Gasteiger charge is -2.05. The number of para-hydroxylation sites is 1. The third kappa shape index (κ3) is 4.17. The molecule has 0 amide bonds. The van der Waals surface area contributed by atoms with Crippen LogP contribution in [0.15, 0.2) is 83.0 Å². The monoisotopic (exact) mass is 429 g/mol. The maximum absolute atomic E-state index is 4.38. The van der Waals surface area contributed by atoms with Gasteiger partial charge in [-0.3, -0.25) is 0 Å². The number of anilines is 2. The summed E-state index contributed by atoms with van der Waals surface area (Å²) in [4.78, 5) is 0. The van der Waals surface area contributed by atoms with Crippen LogP contribution in [0, 0.1) is 6.92 Å². The second-order valence-electron chi connectivity index (χ2n) is 5.31. The fourth-order valence-corrected chi connectivity index (χ4v) is 3.17. The van der Waals surface area contributed by atoms with E-state index in [9.17, 15) is 0 Å². The minimum Gasteiger partial charge on any atom is -0.356 e. The van der Waals surface area contributed by atoms with Crippen LogP contribution < -0.4 is 9.88 Å². The van der Waals surface area contributed by atoms with Crippen LogP contribution in [0.2, 0.25) is 0 Å². The van der Waals surface area contributed by atoms with Crippen molar-refractivity contribution in [2.45, 2.75) is 11.5 Å². The number of hydrogen-bond acceptors (Lipinski definition) is 3. The lowest BCUT2D eigenvalue weighted by Crippen LogP contribution is -2.34. The van der Waals surface area contributed by atoms with E-state index in [0.717, 1.165) is 27.4 Å². The van der Waals surface area contributed by atoms with Crippen molar-refractivity contribution in [1.82, 2.24) is 0 Å². The van der Waals surface area contributed by atoms with Crippen molar-refractivity contribution in [3.63, 3.8) is 0 Å². The molecule has 24 heavy (non-hydrogen) atoms. The fraction of sp³-hybridized carbons (Fsp3) is 0.105. The van der Waals surface area contributed by atoms with Crippen molar-refractivity contribution >= 4 is 45.5 Å². The van der Waals surface area contributed by atoms with Gasteiger partial charge in [-0.05, 0) is 77.1 Å². The summed E-state index contributed by atoms with van der Waals surface area (Å²) in [6.45, 7) is 2.07. The highest BCUT2D eigenvalue weighted by molar-refractivity contribution is 14.1. The van der Waals surface area contributed by atoms with Gasteiger partial charge in [0.05, 0.1) is 5.11 Å². The molecular weight excluding hydrogens is 411 g/mol. The van der Waals surface area contributed by atoms with Gasteiger partial charge in [-0.15, -0.1) is 0 Å². The Bertz CT molecular complexity index is 830. The van der Waals surface area contributed by atoms with E-state index in [0.29, 0.717) is 0 Å². The van der Waals surface area contributed by atoms with Gasteiger partial charge in [0.15, 0.2) is 0 Å². The topological polar surface area (TPSA) is 40.6 Å². The van der Waals surface area contributed by atoms with Crippen LogP contribution in [-0.4, -0.2) is 0 Å². The molecule has 1 heterocycles. The van der Waals surface area contributed by atoms with E-state index in [2.05, 4.69) is 55.7 Å². The molecule has 0 aliphatic rings. The summed E-state index contributed by atoms with van der Waals surface area (Å²) >= 11 is 2.33. The van der Waals surface area contributed by atoms with E-state index in [1.807, 2.05) is 66.7 Å². The molecule has 3 aromatic rings. The van der Waals surface area contributed by atoms with Crippen LogP contribution in [0.25, 0.3) is 0 Å². The maximum atomic E-state index is 4.38. The molecule has 0 atom stereocenters. The number of nitrogens with one attached hydrogen (secondary N) is 1. The SMILES string of the molecule is Cc1cccc(N=Nc2ccc(Nc3ccccc3)cc2)[n+]1CI. The third-order valence-corrected chi connectivity index (χ3v) is 4.28. The Morgan fingerprint density at radius 3 is 2.25 bits per heavy atom. The number of halogens is 1. The number of azo groups is 1. The standard InChI is InChI=1S/C19H17IN4/c1-15-6-5-9-19(24(15)14-20)23-22-18-12-10-17(11-13-18)21-16-7-3-2-4-8-16/h2-13H,14H2,1H3/p+1. The quantitative estimate of drug-likeness (QED) is 0.236. The van der Waals surface area contributed by atoms with Gasteiger partial charge < -0.3 is 5.32 Å². The minimum atomic E-state index is 0.829. The second-order valence-corrected chi connectivity index (χ2v) is 5.99. The van der Waals surface area contributed by atoms with Gasteiger partial charge in [-0.2, -0.15) is 0 Å². The van der Waals surface area contributed by atoms with Gasteiger partial charge >= 0.3 is 5.82 Å². The number of aromatic nitrogens is 1. The number of alkyl halides is 1. The number of benzene rings is 2. The van der Waals surface area contributed by atoms with E-state index in [4.69, 9.17) is 0 Å². The molecule has 0 bridgehead atoms. The van der Waals surface area contributed by atoms with Crippen LogP contribution in [0.3, 0.4) is 0 Å². The van der Waals surface area contributed by atoms with E-state index >= 15 is 0 Å². The molecule has 0 fully saturated rings. The Morgan fingerprint density at radius 1 is 0.833 bits per heavy atom. The molecular formula is C19H18IN4+. The van der Waals surface area contributed by atoms with Crippen molar-refractivity contribution in [3.05, 3.63) is 78.5 Å². The Labute approximate surface area is 155 Å². The van der Waals surface area contributed by atoms with Crippen LogP contribution in [-0.2, 0) is 4.55 Å². The second kappa shape index (κ2) is 8.01. The smallest absolute Gasteiger partial charge is 0.351 e. The van der Waals surface area contributed by atoms with Gasteiger partial charge in [0, 0.05) is 17.4 Å². The predicted octanol–water partition coefficient (Wildman–Crippen LogP) is 5.83. The molecule has 0 saturated heterocycles. The van der Waals surface area contributed by atoms with Gasteiger partial charge in [0.25, 0.3) is 0 Å². The van der Waals surface area contributed by atoms with Crippen molar-refractivity contribution in [2.24, 2.45) is 10.2 Å². The van der Waals surface area contributed by atoms with E-state index in [1.54, 1.807) is 0 Å². The Kier molecular flexibility index (Phi) is 5.53. The third-order valence-electron chi connectivity index (χ3n) is 3.60. The van der Waals surface area contributed by atoms with Crippen LogP contribution >= 0.6 is 22.6 Å². The molecule has 0 radical (unpaired) electrons. The van der Waals surface area contributed by atoms with Crippen LogP contribution in [0.1, 0.15) is 5.69 Å². The molecule has 0 saturated carbocycles. The maximum Gasteiger partial charge on any atom is 0.351 e. The Hall–Kier alpha value is -2.28. The van der Waals surface area contributed by atoms with Gasteiger partial charge in [0.2, 0.25) is 0 Å². The molecule has 2 aromatic carbocycles. The van der Waals surface area contributed by atoms with Gasteiger partial charge in [-0.25, -0.2) is 4.57 Å². The molecule has 5 heteroatoms.